The lowest BCUT2D eigenvalue weighted by Crippen LogP contribution is -3.08. The van der Waals surface area contributed by atoms with E-state index in [0.29, 0.717) is 12.5 Å². The Balaban J connectivity index is 1.97. The van der Waals surface area contributed by atoms with Crippen molar-refractivity contribution in [3.05, 3.63) is 59.2 Å². The molecule has 0 aliphatic rings. The van der Waals surface area contributed by atoms with Crippen molar-refractivity contribution in [1.29, 1.82) is 0 Å². The van der Waals surface area contributed by atoms with Gasteiger partial charge in [-0.15, -0.1) is 0 Å². The number of para-hydroxylation sites is 1. The zero-order valence-electron chi connectivity index (χ0n) is 16.9. The van der Waals surface area contributed by atoms with Crippen LogP contribution in [0.2, 0.25) is 0 Å². The van der Waals surface area contributed by atoms with Gasteiger partial charge >= 0.3 is 0 Å². The Bertz CT molecular complexity index is 736. The summed E-state index contributed by atoms with van der Waals surface area (Å²) < 4.78 is 0. The molecule has 1 amide bonds. The summed E-state index contributed by atoms with van der Waals surface area (Å²) in [6, 6.07) is 14.7. The van der Waals surface area contributed by atoms with Crippen LogP contribution in [0.25, 0.3) is 0 Å². The Hall–Kier alpha value is -2.33. The van der Waals surface area contributed by atoms with Gasteiger partial charge in [-0.25, -0.2) is 0 Å². The highest BCUT2D eigenvalue weighted by Gasteiger charge is 2.15. The molecule has 1 unspecified atom stereocenters. The van der Waals surface area contributed by atoms with E-state index in [1.807, 2.05) is 27.1 Å². The molecule has 2 N–H and O–H groups in total. The maximum Gasteiger partial charge on any atom is 0.279 e. The normalized spacial score (nSPS) is 12.1. The fourth-order valence-electron chi connectivity index (χ4n) is 3.12. The average molecular weight is 355 g/mol. The van der Waals surface area contributed by atoms with Crippen LogP contribution in [0.4, 0.5) is 11.4 Å². The second-order valence-corrected chi connectivity index (χ2v) is 7.61. The molecule has 0 aromatic heterocycles. The van der Waals surface area contributed by atoms with Gasteiger partial charge in [-0.1, -0.05) is 44.2 Å². The Morgan fingerprint density at radius 1 is 1.12 bits per heavy atom. The molecular formula is C22H32N3O+. The lowest BCUT2D eigenvalue weighted by molar-refractivity contribution is -0.885. The van der Waals surface area contributed by atoms with E-state index in [1.54, 1.807) is 0 Å². The minimum absolute atomic E-state index is 0.0589. The van der Waals surface area contributed by atoms with Crippen molar-refractivity contribution in [1.82, 2.24) is 0 Å². The molecule has 26 heavy (non-hydrogen) atoms. The van der Waals surface area contributed by atoms with Gasteiger partial charge in [0.15, 0.2) is 6.54 Å². The van der Waals surface area contributed by atoms with Gasteiger partial charge in [0, 0.05) is 31.0 Å². The van der Waals surface area contributed by atoms with Crippen molar-refractivity contribution in [2.75, 3.05) is 37.9 Å². The van der Waals surface area contributed by atoms with E-state index < -0.39 is 0 Å². The van der Waals surface area contributed by atoms with Crippen LogP contribution in [0, 0.1) is 6.92 Å². The molecule has 4 nitrogen and oxygen atoms in total. The first kappa shape index (κ1) is 20.0. The third kappa shape index (κ3) is 5.33. The molecule has 0 bridgehead atoms. The largest absolute Gasteiger partial charge is 0.378 e. The maximum absolute atomic E-state index is 12.5. The molecule has 2 aromatic carbocycles. The molecule has 0 fully saturated rings. The third-order valence-corrected chi connectivity index (χ3v) is 4.61. The minimum Gasteiger partial charge on any atom is -0.378 e. The molecule has 140 valence electrons. The highest BCUT2D eigenvalue weighted by molar-refractivity contribution is 5.93. The fourth-order valence-corrected chi connectivity index (χ4v) is 3.12. The number of carbonyl (C=O) groups excluding carboxylic acids is 1. The molecule has 0 radical (unpaired) electrons. The van der Waals surface area contributed by atoms with Crippen molar-refractivity contribution >= 4 is 17.3 Å². The van der Waals surface area contributed by atoms with Crippen LogP contribution in [-0.4, -0.2) is 33.6 Å². The predicted molar refractivity (Wildman–Crippen MR) is 110 cm³/mol. The lowest BCUT2D eigenvalue weighted by atomic mass is 9.98. The molecule has 0 aliphatic heterocycles. The van der Waals surface area contributed by atoms with E-state index in [1.165, 1.54) is 21.7 Å². The van der Waals surface area contributed by atoms with Gasteiger partial charge in [0.2, 0.25) is 0 Å². The second kappa shape index (κ2) is 8.86. The zero-order chi connectivity index (χ0) is 19.3. The number of nitrogens with zero attached hydrogens (tertiary/aromatic N) is 1. The number of carbonyl (C=O) groups is 1. The summed E-state index contributed by atoms with van der Waals surface area (Å²) in [4.78, 5) is 15.8. The van der Waals surface area contributed by atoms with Gasteiger partial charge in [0.1, 0.15) is 6.54 Å². The van der Waals surface area contributed by atoms with Crippen molar-refractivity contribution in [3.8, 4) is 0 Å². The number of amides is 1. The van der Waals surface area contributed by atoms with Crippen LogP contribution < -0.4 is 15.1 Å². The monoisotopic (exact) mass is 354 g/mol. The number of anilines is 2. The molecule has 2 rings (SSSR count). The molecule has 1 atom stereocenters. The van der Waals surface area contributed by atoms with Gasteiger partial charge in [-0.3, -0.25) is 4.79 Å². The van der Waals surface area contributed by atoms with Gasteiger partial charge in [-0.2, -0.15) is 0 Å². The topological polar surface area (TPSA) is 36.8 Å². The molecule has 0 spiro atoms. The zero-order valence-corrected chi connectivity index (χ0v) is 16.9. The standard InChI is InChI=1S/C22H31N3O/c1-16(2)20-9-7-8-17(3)22(20)23-21(26)15-25(6)14-18-10-12-19(13-11-18)24(4)5/h7-13,16H,14-15H2,1-6H3,(H,23,26)/p+1. The summed E-state index contributed by atoms with van der Waals surface area (Å²) in [6.07, 6.45) is 0. The summed E-state index contributed by atoms with van der Waals surface area (Å²) in [5.74, 6) is 0.439. The number of quaternary nitrogens is 1. The maximum atomic E-state index is 12.5. The number of rotatable bonds is 7. The summed E-state index contributed by atoms with van der Waals surface area (Å²) in [5, 5.41) is 3.13. The summed E-state index contributed by atoms with van der Waals surface area (Å²) >= 11 is 0. The Morgan fingerprint density at radius 2 is 1.77 bits per heavy atom. The fraction of sp³-hybridized carbons (Fsp3) is 0.409. The highest BCUT2D eigenvalue weighted by atomic mass is 16.2. The van der Waals surface area contributed by atoms with E-state index in [2.05, 4.69) is 67.5 Å². The van der Waals surface area contributed by atoms with Crippen molar-refractivity contribution < 1.29 is 9.69 Å². The number of likely N-dealkylation sites (N-methyl/N-ethyl adjacent to an activating group) is 1. The average Bonchev–Trinajstić information content (AvgIpc) is 2.56. The SMILES string of the molecule is Cc1cccc(C(C)C)c1NC(=O)C[NH+](C)Cc1ccc(N(C)C)cc1. The van der Waals surface area contributed by atoms with Gasteiger partial charge in [0.05, 0.1) is 7.05 Å². The first-order valence-electron chi connectivity index (χ1n) is 9.25. The second-order valence-electron chi connectivity index (χ2n) is 7.61. The Kier molecular flexibility index (Phi) is 6.81. The summed E-state index contributed by atoms with van der Waals surface area (Å²) in [7, 11) is 6.13. The van der Waals surface area contributed by atoms with Crippen molar-refractivity contribution in [2.24, 2.45) is 0 Å². The van der Waals surface area contributed by atoms with E-state index in [0.717, 1.165) is 17.8 Å². The van der Waals surface area contributed by atoms with Crippen LogP contribution in [0.15, 0.2) is 42.5 Å². The molecule has 4 heteroatoms. The van der Waals surface area contributed by atoms with E-state index in [9.17, 15) is 4.79 Å². The highest BCUT2D eigenvalue weighted by Crippen LogP contribution is 2.27. The third-order valence-electron chi connectivity index (χ3n) is 4.61. The Morgan fingerprint density at radius 3 is 2.35 bits per heavy atom. The number of hydrogen-bond acceptors (Lipinski definition) is 2. The molecule has 0 heterocycles. The van der Waals surface area contributed by atoms with Gasteiger partial charge in [0.25, 0.3) is 5.91 Å². The van der Waals surface area contributed by atoms with E-state index in [4.69, 9.17) is 0 Å². The molecule has 0 saturated heterocycles. The summed E-state index contributed by atoms with van der Waals surface area (Å²) in [6.45, 7) is 7.62. The first-order chi connectivity index (χ1) is 12.3. The molecule has 0 aliphatic carbocycles. The van der Waals surface area contributed by atoms with E-state index in [-0.39, 0.29) is 5.91 Å². The van der Waals surface area contributed by atoms with Crippen LogP contribution in [-0.2, 0) is 11.3 Å². The summed E-state index contributed by atoms with van der Waals surface area (Å²) in [5.41, 5.74) is 5.69. The van der Waals surface area contributed by atoms with E-state index >= 15 is 0 Å². The van der Waals surface area contributed by atoms with Crippen LogP contribution in [0.3, 0.4) is 0 Å². The lowest BCUT2D eigenvalue weighted by Gasteiger charge is -2.18. The van der Waals surface area contributed by atoms with Crippen molar-refractivity contribution in [3.63, 3.8) is 0 Å². The van der Waals surface area contributed by atoms with Gasteiger partial charge in [-0.05, 0) is 36.1 Å². The number of aryl methyl sites for hydroxylation is 1. The van der Waals surface area contributed by atoms with Crippen molar-refractivity contribution in [2.45, 2.75) is 33.2 Å². The number of benzene rings is 2. The molecular weight excluding hydrogens is 322 g/mol. The Labute approximate surface area is 157 Å². The molecule has 0 saturated carbocycles. The first-order valence-corrected chi connectivity index (χ1v) is 9.25. The van der Waals surface area contributed by atoms with Crippen LogP contribution in [0.1, 0.15) is 36.5 Å². The van der Waals surface area contributed by atoms with Gasteiger partial charge < -0.3 is 15.1 Å². The minimum atomic E-state index is 0.0589. The quantitative estimate of drug-likeness (QED) is 0.802. The van der Waals surface area contributed by atoms with Crippen LogP contribution in [0.5, 0.6) is 0 Å². The predicted octanol–water partition coefficient (Wildman–Crippen LogP) is 2.84. The molecule has 2 aromatic rings. The van der Waals surface area contributed by atoms with Crippen LogP contribution >= 0.6 is 0 Å². The number of nitrogens with one attached hydrogen (secondary N) is 2. The smallest absolute Gasteiger partial charge is 0.279 e. The number of hydrogen-bond donors (Lipinski definition) is 2.